The van der Waals surface area contributed by atoms with Crippen LogP contribution in [0.2, 0.25) is 0 Å². The molecule has 0 aromatic carbocycles. The third-order valence-corrected chi connectivity index (χ3v) is 2.42. The van der Waals surface area contributed by atoms with Gasteiger partial charge < -0.3 is 9.97 Å². The van der Waals surface area contributed by atoms with E-state index < -0.39 is 0 Å². The van der Waals surface area contributed by atoms with Crippen molar-refractivity contribution in [3.05, 3.63) is 48.0 Å². The Morgan fingerprint density at radius 3 is 1.72 bits per heavy atom. The van der Waals surface area contributed by atoms with Gasteiger partial charge in [0, 0.05) is 25.5 Å². The molecule has 0 fully saturated rings. The molecule has 4 nitrogen and oxygen atoms in total. The van der Waals surface area contributed by atoms with Crippen LogP contribution in [0.5, 0.6) is 0 Å². The molecule has 0 spiro atoms. The lowest BCUT2D eigenvalue weighted by molar-refractivity contribution is 0.759. The number of rotatable bonds is 7. The molecule has 0 bridgehead atoms. The van der Waals surface area contributed by atoms with Gasteiger partial charge in [0.15, 0.2) is 0 Å². The first kappa shape index (κ1) is 12.4. The molecule has 2 rings (SSSR count). The van der Waals surface area contributed by atoms with Crippen LogP contribution < -0.4 is 9.97 Å². The Morgan fingerprint density at radius 1 is 0.833 bits per heavy atom. The highest BCUT2D eigenvalue weighted by Crippen LogP contribution is 1.93. The smallest absolute Gasteiger partial charge is 0.0389 e. The fourth-order valence-corrected chi connectivity index (χ4v) is 1.50. The molecule has 4 heteroatoms. The van der Waals surface area contributed by atoms with Crippen molar-refractivity contribution >= 4 is 12.4 Å². The van der Waals surface area contributed by atoms with Gasteiger partial charge in [-0.05, 0) is 12.8 Å². The van der Waals surface area contributed by atoms with Crippen molar-refractivity contribution < 1.29 is 0 Å². The highest BCUT2D eigenvalue weighted by atomic mass is 14.8. The molecular weight excluding hydrogens is 224 g/mol. The third kappa shape index (κ3) is 4.41. The maximum Gasteiger partial charge on any atom is 0.0389 e. The van der Waals surface area contributed by atoms with E-state index in [1.54, 1.807) is 12.4 Å². The highest BCUT2D eigenvalue weighted by molar-refractivity contribution is 5.77. The first-order chi connectivity index (χ1) is 8.95. The summed E-state index contributed by atoms with van der Waals surface area (Å²) in [6, 6.07) is 7.71. The Morgan fingerprint density at radius 2 is 1.33 bits per heavy atom. The predicted molar refractivity (Wildman–Crippen MR) is 73.7 cm³/mol. The zero-order valence-corrected chi connectivity index (χ0v) is 10.2. The Balaban J connectivity index is 1.54. The van der Waals surface area contributed by atoms with Crippen LogP contribution in [0.25, 0.3) is 0 Å². The lowest BCUT2D eigenvalue weighted by atomic mass is 10.3. The summed E-state index contributed by atoms with van der Waals surface area (Å²) in [6.45, 7) is 1.66. The predicted octanol–water partition coefficient (Wildman–Crippen LogP) is 1.92. The molecule has 18 heavy (non-hydrogen) atoms. The van der Waals surface area contributed by atoms with Crippen LogP contribution in [0.1, 0.15) is 24.2 Å². The quantitative estimate of drug-likeness (QED) is 0.548. The number of nitrogens with zero attached hydrogens (tertiary/aromatic N) is 4. The van der Waals surface area contributed by atoms with E-state index in [0.717, 1.165) is 37.3 Å². The van der Waals surface area contributed by atoms with Crippen molar-refractivity contribution in [3.63, 3.8) is 0 Å². The number of hydrogen-bond acceptors (Lipinski definition) is 2. The van der Waals surface area contributed by atoms with E-state index in [-0.39, 0.29) is 0 Å². The highest BCUT2D eigenvalue weighted by Gasteiger charge is 1.84. The summed E-state index contributed by atoms with van der Waals surface area (Å²) < 4.78 is 0. The van der Waals surface area contributed by atoms with E-state index in [0.29, 0.717) is 0 Å². The molecular formula is C14H16N4-2. The summed E-state index contributed by atoms with van der Waals surface area (Å²) in [6.07, 6.45) is 9.27. The van der Waals surface area contributed by atoms with Gasteiger partial charge in [-0.25, -0.2) is 0 Å². The molecule has 0 aliphatic heterocycles. The minimum atomic E-state index is 0.830. The SMILES string of the molecule is C(=NCCCCN=Cc1ccc[n-]1)c1ccc[n-]1. The summed E-state index contributed by atoms with van der Waals surface area (Å²) in [7, 11) is 0. The van der Waals surface area contributed by atoms with Crippen LogP contribution in [-0.2, 0) is 0 Å². The molecule has 0 amide bonds. The van der Waals surface area contributed by atoms with E-state index in [2.05, 4.69) is 20.0 Å². The molecule has 0 atom stereocenters. The molecule has 0 N–H and O–H groups in total. The number of hydrogen-bond donors (Lipinski definition) is 0. The van der Waals surface area contributed by atoms with Gasteiger partial charge in [-0.1, -0.05) is 24.3 Å². The van der Waals surface area contributed by atoms with Crippen molar-refractivity contribution in [3.8, 4) is 0 Å². The monoisotopic (exact) mass is 240 g/mol. The summed E-state index contributed by atoms with van der Waals surface area (Å²) in [5, 5.41) is 0. The maximum absolute atomic E-state index is 4.31. The summed E-state index contributed by atoms with van der Waals surface area (Å²) in [4.78, 5) is 16.8. The molecule has 0 aliphatic rings. The van der Waals surface area contributed by atoms with Gasteiger partial charge in [-0.3, -0.25) is 9.98 Å². The molecule has 0 saturated carbocycles. The van der Waals surface area contributed by atoms with Crippen molar-refractivity contribution in [1.29, 1.82) is 0 Å². The second-order valence-corrected chi connectivity index (χ2v) is 3.90. The van der Waals surface area contributed by atoms with E-state index in [1.807, 2.05) is 36.7 Å². The van der Waals surface area contributed by atoms with E-state index in [1.165, 1.54) is 0 Å². The molecule has 2 aromatic heterocycles. The first-order valence-corrected chi connectivity index (χ1v) is 6.10. The van der Waals surface area contributed by atoms with Gasteiger partial charge in [-0.2, -0.15) is 12.4 Å². The van der Waals surface area contributed by atoms with Gasteiger partial charge in [0.05, 0.1) is 0 Å². The molecule has 0 radical (unpaired) electrons. The van der Waals surface area contributed by atoms with E-state index in [9.17, 15) is 0 Å². The molecule has 94 valence electrons. The number of aromatic nitrogens is 2. The second-order valence-electron chi connectivity index (χ2n) is 3.90. The fraction of sp³-hybridized carbons (Fsp3) is 0.286. The molecule has 2 aromatic rings. The summed E-state index contributed by atoms with van der Waals surface area (Å²) in [5.74, 6) is 0. The third-order valence-electron chi connectivity index (χ3n) is 2.42. The average molecular weight is 240 g/mol. The molecule has 2 heterocycles. The maximum atomic E-state index is 4.31. The summed E-state index contributed by atoms with van der Waals surface area (Å²) in [5.41, 5.74) is 1.85. The van der Waals surface area contributed by atoms with Crippen molar-refractivity contribution in [2.75, 3.05) is 13.1 Å². The Kier molecular flexibility index (Phi) is 4.99. The Bertz CT molecular complexity index is 420. The van der Waals surface area contributed by atoms with Crippen molar-refractivity contribution in [2.24, 2.45) is 9.98 Å². The van der Waals surface area contributed by atoms with Crippen molar-refractivity contribution in [1.82, 2.24) is 9.97 Å². The zero-order chi connectivity index (χ0) is 12.5. The Labute approximate surface area is 107 Å². The van der Waals surface area contributed by atoms with Crippen molar-refractivity contribution in [2.45, 2.75) is 12.8 Å². The van der Waals surface area contributed by atoms with Gasteiger partial charge >= 0.3 is 0 Å². The molecule has 0 saturated heterocycles. The van der Waals surface area contributed by atoms with E-state index >= 15 is 0 Å². The summed E-state index contributed by atoms with van der Waals surface area (Å²) >= 11 is 0. The topological polar surface area (TPSA) is 52.9 Å². The van der Waals surface area contributed by atoms with Crippen LogP contribution in [0, 0.1) is 0 Å². The second kappa shape index (κ2) is 7.27. The minimum absolute atomic E-state index is 0.830. The van der Waals surface area contributed by atoms with E-state index in [4.69, 9.17) is 0 Å². The lowest BCUT2D eigenvalue weighted by Crippen LogP contribution is -1.90. The number of unbranched alkanes of at least 4 members (excludes halogenated alkanes) is 1. The van der Waals surface area contributed by atoms with Gasteiger partial charge in [0.25, 0.3) is 0 Å². The van der Waals surface area contributed by atoms with Crippen LogP contribution >= 0.6 is 0 Å². The average Bonchev–Trinajstić information content (AvgIpc) is 3.05. The van der Waals surface area contributed by atoms with Crippen LogP contribution in [-0.4, -0.2) is 25.5 Å². The van der Waals surface area contributed by atoms with Gasteiger partial charge in [0.1, 0.15) is 0 Å². The van der Waals surface area contributed by atoms with Gasteiger partial charge in [-0.15, -0.1) is 11.4 Å². The largest absolute Gasteiger partial charge is 0.663 e. The fourth-order valence-electron chi connectivity index (χ4n) is 1.50. The lowest BCUT2D eigenvalue weighted by Gasteiger charge is -1.98. The molecule has 0 unspecified atom stereocenters. The Hall–Kier alpha value is -2.10. The molecule has 0 aliphatic carbocycles. The first-order valence-electron chi connectivity index (χ1n) is 6.10. The zero-order valence-electron chi connectivity index (χ0n) is 10.2. The van der Waals surface area contributed by atoms with Crippen LogP contribution in [0.3, 0.4) is 0 Å². The standard InChI is InChI=1S/C14H16N4/c1(7-15-11-13-5-3-9-17-13)2-8-16-12-14-6-4-10-18-14/h3-6,9-12H,1-2,7-8H2/q-2. The van der Waals surface area contributed by atoms with Crippen LogP contribution in [0.4, 0.5) is 0 Å². The minimum Gasteiger partial charge on any atom is -0.663 e. The number of aliphatic imine (C=N–C) groups is 2. The normalized spacial score (nSPS) is 11.8. The van der Waals surface area contributed by atoms with Crippen LogP contribution in [0.15, 0.2) is 46.6 Å². The van der Waals surface area contributed by atoms with Gasteiger partial charge in [0.2, 0.25) is 0 Å².